The fourth-order valence-corrected chi connectivity index (χ4v) is 9.80. The van der Waals surface area contributed by atoms with Crippen molar-refractivity contribution in [2.75, 3.05) is 0 Å². The molecule has 0 radical (unpaired) electrons. The van der Waals surface area contributed by atoms with Crippen LogP contribution in [0.15, 0.2) is 0 Å². The highest BCUT2D eigenvalue weighted by atomic mass is 79.9. The molecule has 100 valence electrons. The van der Waals surface area contributed by atoms with Gasteiger partial charge in [0.1, 0.15) is 0 Å². The summed E-state index contributed by atoms with van der Waals surface area (Å²) in [4.78, 5) is 0. The lowest BCUT2D eigenvalue weighted by Crippen LogP contribution is -2.58. The van der Waals surface area contributed by atoms with Gasteiger partial charge in [-0.15, -0.1) is 0 Å². The van der Waals surface area contributed by atoms with E-state index in [1.807, 2.05) is 0 Å². The van der Waals surface area contributed by atoms with Gasteiger partial charge >= 0.3 is 0 Å². The smallest absolute Gasteiger partial charge is 0.0327 e. The van der Waals surface area contributed by atoms with E-state index in [1.54, 1.807) is 25.7 Å². The van der Waals surface area contributed by atoms with Crippen LogP contribution in [0.2, 0.25) is 0 Å². The number of halogens is 1. The Balaban J connectivity index is 1.70. The van der Waals surface area contributed by atoms with E-state index < -0.39 is 0 Å². The van der Waals surface area contributed by atoms with E-state index in [0.29, 0.717) is 9.74 Å². The van der Waals surface area contributed by atoms with Crippen LogP contribution in [0.25, 0.3) is 0 Å². The number of hydrogen-bond acceptors (Lipinski definition) is 0. The minimum absolute atomic E-state index is 0.580. The Bertz CT molecular complexity index is 416. The van der Waals surface area contributed by atoms with Gasteiger partial charge in [-0.25, -0.2) is 0 Å². The van der Waals surface area contributed by atoms with Crippen LogP contribution in [0.1, 0.15) is 52.4 Å². The van der Waals surface area contributed by atoms with Crippen molar-refractivity contribution in [2.45, 2.75) is 56.7 Å². The third-order valence-electron chi connectivity index (χ3n) is 8.24. The van der Waals surface area contributed by atoms with Gasteiger partial charge in [0.2, 0.25) is 0 Å². The van der Waals surface area contributed by atoms with Crippen molar-refractivity contribution in [1.29, 1.82) is 0 Å². The standard InChI is InChI=1S/C17H25Br/c1-3-9-5-12-11-4-10-6-13-14(11)15(16(13,2)7-9)17(12,18)8-10/h9-15H,3-8H2,1-2H3. The van der Waals surface area contributed by atoms with E-state index in [0.717, 1.165) is 41.4 Å². The molecule has 0 heterocycles. The monoisotopic (exact) mass is 308 g/mol. The maximum Gasteiger partial charge on any atom is 0.0327 e. The first kappa shape index (κ1) is 11.2. The molecule has 18 heavy (non-hydrogen) atoms. The summed E-state index contributed by atoms with van der Waals surface area (Å²) in [5.74, 6) is 7.57. The summed E-state index contributed by atoms with van der Waals surface area (Å²) in [5.41, 5.74) is 0.716. The Morgan fingerprint density at radius 1 is 1.11 bits per heavy atom. The zero-order valence-electron chi connectivity index (χ0n) is 11.7. The average Bonchev–Trinajstić information content (AvgIpc) is 2.47. The molecule has 0 spiro atoms. The lowest BCUT2D eigenvalue weighted by molar-refractivity contribution is -0.148. The van der Waals surface area contributed by atoms with E-state index in [9.17, 15) is 0 Å². The number of hydrogen-bond donors (Lipinski definition) is 0. The van der Waals surface area contributed by atoms with Crippen molar-refractivity contribution in [3.8, 4) is 0 Å². The summed E-state index contributed by atoms with van der Waals surface area (Å²) in [6.45, 7) is 5.11. The van der Waals surface area contributed by atoms with Crippen LogP contribution in [-0.2, 0) is 0 Å². The largest absolute Gasteiger partial charge is 0.0847 e. The molecule has 0 aliphatic heterocycles. The highest BCUT2D eigenvalue weighted by molar-refractivity contribution is 9.10. The molecule has 5 bridgehead atoms. The van der Waals surface area contributed by atoms with Crippen molar-refractivity contribution in [1.82, 2.24) is 0 Å². The normalized spacial score (nSPS) is 71.2. The van der Waals surface area contributed by atoms with Gasteiger partial charge in [-0.05, 0) is 78.9 Å². The maximum atomic E-state index is 4.36. The van der Waals surface area contributed by atoms with Gasteiger partial charge in [0.25, 0.3) is 0 Å². The van der Waals surface area contributed by atoms with E-state index >= 15 is 0 Å². The number of alkyl halides is 1. The molecule has 1 heteroatoms. The molecule has 0 saturated heterocycles. The molecule has 9 unspecified atom stereocenters. The molecule has 5 saturated carbocycles. The van der Waals surface area contributed by atoms with Crippen molar-refractivity contribution in [3.05, 3.63) is 0 Å². The van der Waals surface area contributed by atoms with Crippen molar-refractivity contribution in [3.63, 3.8) is 0 Å². The lowest BCUT2D eigenvalue weighted by Gasteiger charge is -2.63. The Morgan fingerprint density at radius 2 is 1.94 bits per heavy atom. The van der Waals surface area contributed by atoms with E-state index in [2.05, 4.69) is 29.8 Å². The molecule has 0 aromatic heterocycles. The summed E-state index contributed by atoms with van der Waals surface area (Å²) in [7, 11) is 0. The summed E-state index contributed by atoms with van der Waals surface area (Å²) < 4.78 is 0.580. The predicted octanol–water partition coefficient (Wildman–Crippen LogP) is 4.87. The molecule has 0 aromatic rings. The van der Waals surface area contributed by atoms with Gasteiger partial charge in [0.05, 0.1) is 0 Å². The second-order valence-corrected chi connectivity index (χ2v) is 10.1. The van der Waals surface area contributed by atoms with Gasteiger partial charge in [-0.2, -0.15) is 0 Å². The van der Waals surface area contributed by atoms with Gasteiger partial charge in [0, 0.05) is 4.32 Å². The summed E-state index contributed by atoms with van der Waals surface area (Å²) in [5, 5.41) is 0. The zero-order chi connectivity index (χ0) is 12.3. The quantitative estimate of drug-likeness (QED) is 0.606. The van der Waals surface area contributed by atoms with Crippen LogP contribution in [0, 0.1) is 46.8 Å². The molecular weight excluding hydrogens is 284 g/mol. The molecule has 0 N–H and O–H groups in total. The van der Waals surface area contributed by atoms with Crippen molar-refractivity contribution >= 4 is 15.9 Å². The molecule has 0 aromatic carbocycles. The van der Waals surface area contributed by atoms with Crippen LogP contribution >= 0.6 is 15.9 Å². The van der Waals surface area contributed by atoms with Crippen molar-refractivity contribution < 1.29 is 0 Å². The highest BCUT2D eigenvalue weighted by Crippen LogP contribution is 2.83. The third kappa shape index (κ3) is 0.950. The molecular formula is C17H25Br. The van der Waals surface area contributed by atoms with E-state index in [4.69, 9.17) is 0 Å². The van der Waals surface area contributed by atoms with E-state index in [1.165, 1.54) is 12.8 Å². The first-order chi connectivity index (χ1) is 8.58. The lowest BCUT2D eigenvalue weighted by atomic mass is 9.42. The molecule has 5 fully saturated rings. The second-order valence-electron chi connectivity index (χ2n) is 8.62. The Hall–Kier alpha value is 0.480. The summed E-state index contributed by atoms with van der Waals surface area (Å²) >= 11 is 4.36. The topological polar surface area (TPSA) is 0 Å². The minimum atomic E-state index is 0.580. The third-order valence-corrected chi connectivity index (χ3v) is 9.64. The van der Waals surface area contributed by atoms with Crippen LogP contribution < -0.4 is 0 Å². The molecule has 0 nitrogen and oxygen atoms in total. The first-order valence-electron chi connectivity index (χ1n) is 8.27. The predicted molar refractivity (Wildman–Crippen MR) is 77.6 cm³/mol. The van der Waals surface area contributed by atoms with Crippen LogP contribution in [0.3, 0.4) is 0 Å². The van der Waals surface area contributed by atoms with Crippen LogP contribution in [-0.4, -0.2) is 4.32 Å². The molecule has 5 aliphatic carbocycles. The van der Waals surface area contributed by atoms with Crippen LogP contribution in [0.5, 0.6) is 0 Å². The maximum absolute atomic E-state index is 4.36. The highest BCUT2D eigenvalue weighted by Gasteiger charge is 2.79. The molecule has 9 atom stereocenters. The van der Waals surface area contributed by atoms with Gasteiger partial charge in [-0.3, -0.25) is 0 Å². The fraction of sp³-hybridized carbons (Fsp3) is 1.00. The van der Waals surface area contributed by atoms with E-state index in [-0.39, 0.29) is 0 Å². The first-order valence-corrected chi connectivity index (χ1v) is 9.06. The van der Waals surface area contributed by atoms with Crippen molar-refractivity contribution in [2.24, 2.45) is 46.8 Å². The minimum Gasteiger partial charge on any atom is -0.0847 e. The van der Waals surface area contributed by atoms with Gasteiger partial charge in [0.15, 0.2) is 0 Å². The molecule has 0 amide bonds. The Kier molecular flexibility index (Phi) is 1.89. The fourth-order valence-electron chi connectivity index (χ4n) is 7.99. The number of fused-ring (bicyclic) bond motifs is 2. The van der Waals surface area contributed by atoms with Crippen LogP contribution in [0.4, 0.5) is 0 Å². The summed E-state index contributed by atoms with van der Waals surface area (Å²) in [6.07, 6.45) is 9.24. The Labute approximate surface area is 119 Å². The summed E-state index contributed by atoms with van der Waals surface area (Å²) in [6, 6.07) is 0. The number of rotatable bonds is 1. The van der Waals surface area contributed by atoms with Gasteiger partial charge in [-0.1, -0.05) is 36.2 Å². The SMILES string of the molecule is CCC1CC2C3CC4CC5C3C(C5(C)C1)C2(Br)C4. The Morgan fingerprint density at radius 3 is 2.72 bits per heavy atom. The second kappa shape index (κ2) is 3.05. The average molecular weight is 309 g/mol. The molecule has 5 rings (SSSR count). The van der Waals surface area contributed by atoms with Gasteiger partial charge < -0.3 is 0 Å². The molecule has 5 aliphatic rings. The zero-order valence-corrected chi connectivity index (χ0v) is 13.2.